The molecule has 0 amide bonds. The van der Waals surface area contributed by atoms with Gasteiger partial charge in [0.15, 0.2) is 0 Å². The van der Waals surface area contributed by atoms with Gasteiger partial charge in [0, 0.05) is 37.8 Å². The maximum atomic E-state index is 10.9. The van der Waals surface area contributed by atoms with E-state index < -0.39 is 0 Å². The van der Waals surface area contributed by atoms with Crippen LogP contribution in [-0.2, 0) is 11.3 Å². The molecule has 1 aromatic rings. The van der Waals surface area contributed by atoms with Crippen LogP contribution in [0.2, 0.25) is 0 Å². The van der Waals surface area contributed by atoms with Gasteiger partial charge in [-0.15, -0.1) is 12.4 Å². The fraction of sp³-hybridized carbons (Fsp3) is 0.500. The molecule has 1 unspecified atom stereocenters. The molecule has 1 aromatic carbocycles. The van der Waals surface area contributed by atoms with Crippen molar-refractivity contribution in [3.8, 4) is 0 Å². The molecule has 2 N–H and O–H groups in total. The average Bonchev–Trinajstić information content (AvgIpc) is 2.39. The number of hydrogen-bond donors (Lipinski definition) is 1. The molecule has 0 aliphatic carbocycles. The Kier molecular flexibility index (Phi) is 6.17. The van der Waals surface area contributed by atoms with Crippen molar-refractivity contribution >= 4 is 18.1 Å². The van der Waals surface area contributed by atoms with E-state index in [0.29, 0.717) is 19.7 Å². The summed E-state index contributed by atoms with van der Waals surface area (Å²) in [7, 11) is 0. The van der Waals surface area contributed by atoms with E-state index in [9.17, 15) is 10.1 Å². The average molecular weight is 288 g/mol. The van der Waals surface area contributed by atoms with Crippen molar-refractivity contribution in [2.75, 3.05) is 26.2 Å². The number of nitrogens with two attached hydrogens (primary N) is 1. The molecular formula is C12H18ClN3O3. The Balaban J connectivity index is 0.00000180. The molecule has 0 bridgehead atoms. The highest BCUT2D eigenvalue weighted by atomic mass is 35.5. The summed E-state index contributed by atoms with van der Waals surface area (Å²) in [5.41, 5.74) is 6.49. The predicted molar refractivity (Wildman–Crippen MR) is 74.4 cm³/mol. The fourth-order valence-corrected chi connectivity index (χ4v) is 2.13. The predicted octanol–water partition coefficient (Wildman–Crippen LogP) is 1.18. The SMILES string of the molecule is Cl.NCC1CN(Cc2ccccc2[N+](=O)[O-])CCO1. The summed E-state index contributed by atoms with van der Waals surface area (Å²) in [6.07, 6.45) is 0.0292. The largest absolute Gasteiger partial charge is 0.374 e. The molecule has 2 rings (SSSR count). The van der Waals surface area contributed by atoms with Crippen LogP contribution >= 0.6 is 12.4 Å². The van der Waals surface area contributed by atoms with Crippen LogP contribution in [0.4, 0.5) is 5.69 Å². The monoisotopic (exact) mass is 287 g/mol. The Morgan fingerprint density at radius 1 is 1.47 bits per heavy atom. The maximum Gasteiger partial charge on any atom is 0.273 e. The first-order valence-corrected chi connectivity index (χ1v) is 5.97. The molecule has 1 saturated heterocycles. The van der Waals surface area contributed by atoms with Gasteiger partial charge >= 0.3 is 0 Å². The normalized spacial score (nSPS) is 19.7. The summed E-state index contributed by atoms with van der Waals surface area (Å²) >= 11 is 0. The lowest BCUT2D eigenvalue weighted by Gasteiger charge is -2.32. The highest BCUT2D eigenvalue weighted by Crippen LogP contribution is 2.20. The zero-order chi connectivity index (χ0) is 13.0. The molecule has 106 valence electrons. The number of nitro groups is 1. The van der Waals surface area contributed by atoms with Crippen LogP contribution in [0.5, 0.6) is 0 Å². The third-order valence-electron chi connectivity index (χ3n) is 3.07. The van der Waals surface area contributed by atoms with Crippen LogP contribution in [0, 0.1) is 10.1 Å². The van der Waals surface area contributed by atoms with Crippen molar-refractivity contribution < 1.29 is 9.66 Å². The Hall–Kier alpha value is -1.21. The van der Waals surface area contributed by atoms with Gasteiger partial charge in [-0.25, -0.2) is 0 Å². The van der Waals surface area contributed by atoms with Gasteiger partial charge in [-0.2, -0.15) is 0 Å². The summed E-state index contributed by atoms with van der Waals surface area (Å²) in [5.74, 6) is 0. The first-order chi connectivity index (χ1) is 8.70. The second-order valence-electron chi connectivity index (χ2n) is 4.35. The minimum atomic E-state index is -0.337. The molecule has 0 radical (unpaired) electrons. The van der Waals surface area contributed by atoms with Crippen LogP contribution in [0.25, 0.3) is 0 Å². The molecular weight excluding hydrogens is 270 g/mol. The highest BCUT2D eigenvalue weighted by Gasteiger charge is 2.21. The van der Waals surface area contributed by atoms with Gasteiger partial charge in [0.05, 0.1) is 17.6 Å². The quantitative estimate of drug-likeness (QED) is 0.664. The van der Waals surface area contributed by atoms with E-state index >= 15 is 0 Å². The summed E-state index contributed by atoms with van der Waals surface area (Å²) in [6, 6.07) is 6.84. The van der Waals surface area contributed by atoms with E-state index in [0.717, 1.165) is 18.7 Å². The Morgan fingerprint density at radius 3 is 2.89 bits per heavy atom. The number of nitro benzene ring substituents is 1. The molecule has 0 spiro atoms. The van der Waals surface area contributed by atoms with E-state index in [1.54, 1.807) is 12.1 Å². The highest BCUT2D eigenvalue weighted by molar-refractivity contribution is 5.85. The lowest BCUT2D eigenvalue weighted by Crippen LogP contribution is -2.45. The molecule has 1 aliphatic heterocycles. The Morgan fingerprint density at radius 2 is 2.21 bits per heavy atom. The smallest absolute Gasteiger partial charge is 0.273 e. The molecule has 7 heteroatoms. The summed E-state index contributed by atoms with van der Waals surface area (Å²) in [6.45, 7) is 3.18. The van der Waals surface area contributed by atoms with Gasteiger partial charge in [0.2, 0.25) is 0 Å². The topological polar surface area (TPSA) is 81.6 Å². The molecule has 1 heterocycles. The van der Waals surface area contributed by atoms with Crippen molar-refractivity contribution in [3.05, 3.63) is 39.9 Å². The number of halogens is 1. The molecule has 1 aliphatic rings. The lowest BCUT2D eigenvalue weighted by molar-refractivity contribution is -0.385. The van der Waals surface area contributed by atoms with E-state index in [2.05, 4.69) is 4.90 Å². The van der Waals surface area contributed by atoms with Gasteiger partial charge in [-0.1, -0.05) is 18.2 Å². The minimum Gasteiger partial charge on any atom is -0.374 e. The van der Waals surface area contributed by atoms with E-state index in [1.165, 1.54) is 6.07 Å². The number of rotatable bonds is 4. The fourth-order valence-electron chi connectivity index (χ4n) is 2.13. The lowest BCUT2D eigenvalue weighted by atomic mass is 10.1. The molecule has 0 saturated carbocycles. The van der Waals surface area contributed by atoms with Gasteiger partial charge < -0.3 is 10.5 Å². The third kappa shape index (κ3) is 4.14. The third-order valence-corrected chi connectivity index (χ3v) is 3.07. The molecule has 1 fully saturated rings. The Labute approximate surface area is 118 Å². The number of ether oxygens (including phenoxy) is 1. The second-order valence-corrected chi connectivity index (χ2v) is 4.35. The van der Waals surface area contributed by atoms with E-state index in [-0.39, 0.29) is 29.1 Å². The van der Waals surface area contributed by atoms with Gasteiger partial charge in [-0.3, -0.25) is 15.0 Å². The van der Waals surface area contributed by atoms with Crippen LogP contribution in [0.3, 0.4) is 0 Å². The summed E-state index contributed by atoms with van der Waals surface area (Å²) in [5, 5.41) is 10.9. The number of hydrogen-bond acceptors (Lipinski definition) is 5. The van der Waals surface area contributed by atoms with Crippen molar-refractivity contribution in [2.24, 2.45) is 5.73 Å². The molecule has 6 nitrogen and oxygen atoms in total. The number of benzene rings is 1. The van der Waals surface area contributed by atoms with Crippen LogP contribution in [0.15, 0.2) is 24.3 Å². The minimum absolute atomic E-state index is 0. The molecule has 19 heavy (non-hydrogen) atoms. The van der Waals surface area contributed by atoms with Crippen LogP contribution < -0.4 is 5.73 Å². The standard InChI is InChI=1S/C12H17N3O3.ClH/c13-7-11-9-14(5-6-18-11)8-10-3-1-2-4-12(10)15(16)17;/h1-4,11H,5-9,13H2;1H. The summed E-state index contributed by atoms with van der Waals surface area (Å²) in [4.78, 5) is 12.7. The van der Waals surface area contributed by atoms with Crippen molar-refractivity contribution in [3.63, 3.8) is 0 Å². The zero-order valence-electron chi connectivity index (χ0n) is 10.5. The van der Waals surface area contributed by atoms with Gasteiger partial charge in [0.25, 0.3) is 5.69 Å². The first kappa shape index (κ1) is 15.8. The number of nitrogens with zero attached hydrogens (tertiary/aromatic N) is 2. The van der Waals surface area contributed by atoms with Crippen molar-refractivity contribution in [1.29, 1.82) is 0 Å². The van der Waals surface area contributed by atoms with Gasteiger partial charge in [-0.05, 0) is 0 Å². The first-order valence-electron chi connectivity index (χ1n) is 5.97. The van der Waals surface area contributed by atoms with E-state index in [1.807, 2.05) is 6.07 Å². The van der Waals surface area contributed by atoms with Crippen molar-refractivity contribution in [2.45, 2.75) is 12.6 Å². The number of morpholine rings is 1. The molecule has 1 atom stereocenters. The zero-order valence-corrected chi connectivity index (χ0v) is 11.3. The summed E-state index contributed by atoms with van der Waals surface area (Å²) < 4.78 is 5.47. The van der Waals surface area contributed by atoms with Crippen molar-refractivity contribution in [1.82, 2.24) is 4.90 Å². The second kappa shape index (κ2) is 7.40. The number of para-hydroxylation sites is 1. The maximum absolute atomic E-state index is 10.9. The molecule has 0 aromatic heterocycles. The van der Waals surface area contributed by atoms with Crippen LogP contribution in [0.1, 0.15) is 5.56 Å². The Bertz CT molecular complexity index is 430. The van der Waals surface area contributed by atoms with Crippen LogP contribution in [-0.4, -0.2) is 42.2 Å². The van der Waals surface area contributed by atoms with E-state index in [4.69, 9.17) is 10.5 Å². The van der Waals surface area contributed by atoms with Gasteiger partial charge in [0.1, 0.15) is 0 Å².